The van der Waals surface area contributed by atoms with Crippen molar-refractivity contribution in [3.63, 3.8) is 0 Å². The molecular formula is C25H28N4O3S. The molecular weight excluding hydrogens is 436 g/mol. The summed E-state index contributed by atoms with van der Waals surface area (Å²) in [6.07, 6.45) is 0. The van der Waals surface area contributed by atoms with Crippen molar-refractivity contribution < 1.29 is 14.3 Å². The Bertz CT molecular complexity index is 1050. The number of imide groups is 1. The molecule has 0 spiro atoms. The van der Waals surface area contributed by atoms with Crippen molar-refractivity contribution in [1.82, 2.24) is 15.1 Å². The van der Waals surface area contributed by atoms with E-state index in [1.807, 2.05) is 53.9 Å². The van der Waals surface area contributed by atoms with E-state index in [0.717, 1.165) is 48.8 Å². The molecule has 5 rings (SSSR count). The molecule has 172 valence electrons. The lowest BCUT2D eigenvalue weighted by molar-refractivity contribution is -0.132. The number of carbonyl (C=O) groups excluding carboxylic acids is 2. The van der Waals surface area contributed by atoms with Gasteiger partial charge in [0.05, 0.1) is 24.1 Å². The molecule has 33 heavy (non-hydrogen) atoms. The second kappa shape index (κ2) is 9.49. The van der Waals surface area contributed by atoms with Crippen molar-refractivity contribution in [2.24, 2.45) is 5.92 Å². The normalized spacial score (nSPS) is 23.2. The average molecular weight is 465 g/mol. The summed E-state index contributed by atoms with van der Waals surface area (Å²) in [5.74, 6) is 0.446. The van der Waals surface area contributed by atoms with Crippen molar-refractivity contribution in [1.29, 1.82) is 0 Å². The molecule has 0 aromatic heterocycles. The van der Waals surface area contributed by atoms with Gasteiger partial charge >= 0.3 is 6.03 Å². The summed E-state index contributed by atoms with van der Waals surface area (Å²) in [7, 11) is 1.70. The van der Waals surface area contributed by atoms with Crippen LogP contribution in [0.2, 0.25) is 0 Å². The van der Waals surface area contributed by atoms with Crippen LogP contribution in [0.15, 0.2) is 60.0 Å². The maximum absolute atomic E-state index is 13.4. The lowest BCUT2D eigenvalue weighted by Gasteiger charge is -2.39. The number of piperazine rings is 1. The molecule has 0 radical (unpaired) electrons. The van der Waals surface area contributed by atoms with Crippen LogP contribution in [0.3, 0.4) is 0 Å². The van der Waals surface area contributed by atoms with Gasteiger partial charge in [-0.15, -0.1) is 11.8 Å². The molecule has 1 N–H and O–H groups in total. The first-order valence-corrected chi connectivity index (χ1v) is 12.2. The fourth-order valence-corrected chi connectivity index (χ4v) is 5.91. The van der Waals surface area contributed by atoms with Gasteiger partial charge in [0.15, 0.2) is 0 Å². The molecule has 0 saturated carbocycles. The third-order valence-electron chi connectivity index (χ3n) is 6.57. The van der Waals surface area contributed by atoms with Gasteiger partial charge in [-0.3, -0.25) is 14.6 Å². The zero-order chi connectivity index (χ0) is 22.8. The number of anilines is 1. The van der Waals surface area contributed by atoms with Crippen molar-refractivity contribution in [2.75, 3.05) is 51.3 Å². The van der Waals surface area contributed by atoms with E-state index in [0.29, 0.717) is 13.1 Å². The second-order valence-electron chi connectivity index (χ2n) is 8.41. The van der Waals surface area contributed by atoms with E-state index in [1.165, 1.54) is 16.7 Å². The Morgan fingerprint density at radius 1 is 0.970 bits per heavy atom. The standard InChI is InChI=1S/C25H28N4O3S/c1-32-21-10-6-5-9-20(21)28-14-11-27(12-15-28)13-16-29-24(30)22-19(18-7-3-2-4-8-18)17-33-23(22)26-25(29)31/h2-10,17,22-23H,11-16H2,1H3,(H,26,31). The van der Waals surface area contributed by atoms with Crippen LogP contribution in [0, 0.1) is 5.92 Å². The summed E-state index contributed by atoms with van der Waals surface area (Å²) in [5.41, 5.74) is 3.13. The quantitative estimate of drug-likeness (QED) is 0.709. The van der Waals surface area contributed by atoms with E-state index < -0.39 is 0 Å². The van der Waals surface area contributed by atoms with Gasteiger partial charge < -0.3 is 15.0 Å². The molecule has 2 atom stereocenters. The second-order valence-corrected chi connectivity index (χ2v) is 9.43. The van der Waals surface area contributed by atoms with Crippen molar-refractivity contribution in [3.05, 3.63) is 65.6 Å². The fourth-order valence-electron chi connectivity index (χ4n) is 4.74. The van der Waals surface area contributed by atoms with Gasteiger partial charge in [0, 0.05) is 39.3 Å². The third-order valence-corrected chi connectivity index (χ3v) is 7.64. The number of urea groups is 1. The van der Waals surface area contributed by atoms with Gasteiger partial charge in [0.25, 0.3) is 0 Å². The molecule has 2 saturated heterocycles. The van der Waals surface area contributed by atoms with E-state index in [2.05, 4.69) is 21.2 Å². The Morgan fingerprint density at radius 2 is 1.70 bits per heavy atom. The van der Waals surface area contributed by atoms with E-state index in [9.17, 15) is 9.59 Å². The molecule has 2 aromatic rings. The van der Waals surface area contributed by atoms with Gasteiger partial charge in [-0.05, 0) is 28.7 Å². The number of hydrogen-bond acceptors (Lipinski definition) is 6. The minimum Gasteiger partial charge on any atom is -0.495 e. The van der Waals surface area contributed by atoms with E-state index in [-0.39, 0.29) is 23.2 Å². The van der Waals surface area contributed by atoms with Crippen LogP contribution >= 0.6 is 11.8 Å². The number of nitrogens with zero attached hydrogens (tertiary/aromatic N) is 3. The molecule has 2 fully saturated rings. The summed E-state index contributed by atoms with van der Waals surface area (Å²) in [4.78, 5) is 32.1. The number of rotatable bonds is 6. The number of para-hydroxylation sites is 2. The minimum absolute atomic E-state index is 0.100. The van der Waals surface area contributed by atoms with Crippen molar-refractivity contribution in [2.45, 2.75) is 5.37 Å². The summed E-state index contributed by atoms with van der Waals surface area (Å²) in [5, 5.41) is 4.82. The highest BCUT2D eigenvalue weighted by Crippen LogP contribution is 2.42. The number of carbonyl (C=O) groups is 2. The zero-order valence-corrected chi connectivity index (χ0v) is 19.5. The molecule has 3 heterocycles. The molecule has 3 aliphatic rings. The number of nitrogens with one attached hydrogen (secondary N) is 1. The molecule has 0 bridgehead atoms. The molecule has 8 heteroatoms. The monoisotopic (exact) mass is 464 g/mol. The molecule has 2 aromatic carbocycles. The minimum atomic E-state index is -0.336. The van der Waals surface area contributed by atoms with Crippen LogP contribution in [0.25, 0.3) is 5.57 Å². The number of hydrogen-bond donors (Lipinski definition) is 1. The summed E-state index contributed by atoms with van der Waals surface area (Å²) in [6, 6.07) is 17.7. The zero-order valence-electron chi connectivity index (χ0n) is 18.6. The molecule has 3 amide bonds. The Balaban J connectivity index is 1.19. The maximum Gasteiger partial charge on any atom is 0.325 e. The largest absolute Gasteiger partial charge is 0.495 e. The smallest absolute Gasteiger partial charge is 0.325 e. The number of benzene rings is 2. The van der Waals surface area contributed by atoms with Crippen LogP contribution in [-0.2, 0) is 4.79 Å². The number of amides is 3. The number of fused-ring (bicyclic) bond motifs is 1. The Kier molecular flexibility index (Phi) is 6.28. The highest BCUT2D eigenvalue weighted by Gasteiger charge is 2.46. The summed E-state index contributed by atoms with van der Waals surface area (Å²) in [6.45, 7) is 4.58. The Morgan fingerprint density at radius 3 is 2.45 bits per heavy atom. The predicted octanol–water partition coefficient (Wildman–Crippen LogP) is 3.10. The van der Waals surface area contributed by atoms with Crippen LogP contribution in [-0.4, -0.2) is 73.5 Å². The van der Waals surface area contributed by atoms with Crippen LogP contribution < -0.4 is 15.0 Å². The SMILES string of the molecule is COc1ccccc1N1CCN(CCN2C(=O)NC3SC=C(c4ccccc4)C3C2=O)CC1. The lowest BCUT2D eigenvalue weighted by Crippen LogP contribution is -2.59. The van der Waals surface area contributed by atoms with Crippen LogP contribution in [0.4, 0.5) is 10.5 Å². The van der Waals surface area contributed by atoms with Crippen molar-refractivity contribution in [3.8, 4) is 5.75 Å². The van der Waals surface area contributed by atoms with Gasteiger partial charge in [0.1, 0.15) is 5.75 Å². The third kappa shape index (κ3) is 4.32. The number of ether oxygens (including phenoxy) is 1. The van der Waals surface area contributed by atoms with E-state index in [4.69, 9.17) is 4.74 Å². The summed E-state index contributed by atoms with van der Waals surface area (Å²) < 4.78 is 5.50. The van der Waals surface area contributed by atoms with Crippen LogP contribution in [0.5, 0.6) is 5.75 Å². The maximum atomic E-state index is 13.4. The lowest BCUT2D eigenvalue weighted by atomic mass is 9.91. The van der Waals surface area contributed by atoms with Gasteiger partial charge in [-0.1, -0.05) is 42.5 Å². The molecule has 2 unspecified atom stereocenters. The molecule has 7 nitrogen and oxygen atoms in total. The topological polar surface area (TPSA) is 65.1 Å². The highest BCUT2D eigenvalue weighted by molar-refractivity contribution is 8.03. The Labute approximate surface area is 198 Å². The predicted molar refractivity (Wildman–Crippen MR) is 131 cm³/mol. The van der Waals surface area contributed by atoms with Crippen LogP contribution in [0.1, 0.15) is 5.56 Å². The van der Waals surface area contributed by atoms with E-state index in [1.54, 1.807) is 7.11 Å². The summed E-state index contributed by atoms with van der Waals surface area (Å²) >= 11 is 1.52. The molecule has 0 aliphatic carbocycles. The van der Waals surface area contributed by atoms with E-state index >= 15 is 0 Å². The first-order chi connectivity index (χ1) is 16.2. The number of methoxy groups -OCH3 is 1. The van der Waals surface area contributed by atoms with Gasteiger partial charge in [-0.2, -0.15) is 0 Å². The fraction of sp³-hybridized carbons (Fsp3) is 0.360. The first kappa shape index (κ1) is 21.9. The number of thioether (sulfide) groups is 1. The first-order valence-electron chi connectivity index (χ1n) is 11.3. The van der Waals surface area contributed by atoms with Gasteiger partial charge in [0.2, 0.25) is 5.91 Å². The molecule has 3 aliphatic heterocycles. The van der Waals surface area contributed by atoms with Gasteiger partial charge in [-0.25, -0.2) is 4.79 Å². The Hall–Kier alpha value is -2.97. The van der Waals surface area contributed by atoms with Crippen molar-refractivity contribution >= 4 is 35.0 Å². The average Bonchev–Trinajstić information content (AvgIpc) is 3.29. The highest BCUT2D eigenvalue weighted by atomic mass is 32.2.